The van der Waals surface area contributed by atoms with Crippen LogP contribution in [0.25, 0.3) is 0 Å². The Balaban J connectivity index is 1.49. The summed E-state index contributed by atoms with van der Waals surface area (Å²) in [6, 6.07) is 5.65. The lowest BCUT2D eigenvalue weighted by molar-refractivity contribution is -0.237. The second-order valence-corrected chi connectivity index (χ2v) is 7.85. The third-order valence-corrected chi connectivity index (χ3v) is 5.93. The second-order valence-electron chi connectivity index (χ2n) is 7.44. The Morgan fingerprint density at radius 3 is 2.52 bits per heavy atom. The second kappa shape index (κ2) is 8.47. The first kappa shape index (κ1) is 20.4. The van der Waals surface area contributed by atoms with Gasteiger partial charge in [0, 0.05) is 11.0 Å². The molecule has 2 unspecified atom stereocenters. The molecule has 4 rings (SSSR count). The van der Waals surface area contributed by atoms with Crippen LogP contribution in [0.3, 0.4) is 0 Å². The smallest absolute Gasteiger partial charge is 0.169 e. The number of aliphatic hydroxyl groups is 4. The van der Waals surface area contributed by atoms with Crippen molar-refractivity contribution in [1.82, 2.24) is 0 Å². The fourth-order valence-electron chi connectivity index (χ4n) is 3.94. The topological polar surface area (TPSA) is 109 Å². The maximum atomic E-state index is 10.4. The monoisotopic (exact) mass is 422 g/mol. The molecular weight excluding hydrogens is 400 g/mol. The first-order valence-corrected chi connectivity index (χ1v) is 9.83. The zero-order valence-electron chi connectivity index (χ0n) is 15.5. The molecule has 1 fully saturated rings. The van der Waals surface area contributed by atoms with Gasteiger partial charge < -0.3 is 34.6 Å². The Hall–Kier alpha value is -1.87. The number of rotatable bonds is 4. The summed E-state index contributed by atoms with van der Waals surface area (Å²) in [5.41, 5.74) is 1.93. The summed E-state index contributed by atoms with van der Waals surface area (Å²) in [5.74, 6) is 0.997. The van der Waals surface area contributed by atoms with Crippen LogP contribution in [-0.2, 0) is 11.2 Å². The molecule has 0 radical (unpaired) electrons. The summed E-state index contributed by atoms with van der Waals surface area (Å²) in [7, 11) is 0. The minimum atomic E-state index is -1.39. The SMILES string of the molecule is OC[C@H]1O[C@@H](C2C=CC(Cl)=C(Cc3ccc4c(c3)OC=CO4)C2)[C@H](O)C(O)[C@@H]1O. The van der Waals surface area contributed by atoms with Gasteiger partial charge in [-0.05, 0) is 42.2 Å². The van der Waals surface area contributed by atoms with Gasteiger partial charge in [0.15, 0.2) is 11.5 Å². The molecular formula is C21H23ClO7. The van der Waals surface area contributed by atoms with E-state index >= 15 is 0 Å². The van der Waals surface area contributed by atoms with E-state index in [1.165, 1.54) is 12.5 Å². The van der Waals surface area contributed by atoms with E-state index in [4.69, 9.17) is 25.8 Å². The summed E-state index contributed by atoms with van der Waals surface area (Å²) in [4.78, 5) is 0. The standard InChI is InChI=1S/C21H23ClO7/c22-14-3-2-12(21-20(26)19(25)18(24)17(10-23)29-21)9-13(14)7-11-1-4-15-16(8-11)28-6-5-27-15/h1-6,8,12,17-21,23-26H,7,9-10H2/t12?,17-,18-,19?,20-,21+/m1/s1. The first-order chi connectivity index (χ1) is 14.0. The molecule has 3 aliphatic rings. The molecule has 1 aromatic carbocycles. The lowest BCUT2D eigenvalue weighted by atomic mass is 9.81. The van der Waals surface area contributed by atoms with Crippen LogP contribution < -0.4 is 9.47 Å². The van der Waals surface area contributed by atoms with Crippen LogP contribution >= 0.6 is 11.6 Å². The van der Waals surface area contributed by atoms with Gasteiger partial charge in [-0.2, -0.15) is 0 Å². The number of fused-ring (bicyclic) bond motifs is 1. The molecule has 156 valence electrons. The van der Waals surface area contributed by atoms with Crippen LogP contribution in [0, 0.1) is 5.92 Å². The third kappa shape index (κ3) is 4.07. The van der Waals surface area contributed by atoms with E-state index in [1.54, 1.807) is 6.08 Å². The molecule has 2 aliphatic heterocycles. The van der Waals surface area contributed by atoms with Gasteiger partial charge in [-0.3, -0.25) is 0 Å². The fourth-order valence-corrected chi connectivity index (χ4v) is 4.16. The van der Waals surface area contributed by atoms with Crippen molar-refractivity contribution in [3.8, 4) is 11.5 Å². The third-order valence-electron chi connectivity index (χ3n) is 5.53. The zero-order chi connectivity index (χ0) is 20.5. The Bertz CT molecular complexity index is 847. The van der Waals surface area contributed by atoms with Crippen molar-refractivity contribution in [1.29, 1.82) is 0 Å². The summed E-state index contributed by atoms with van der Waals surface area (Å²) >= 11 is 6.42. The number of hydrogen-bond acceptors (Lipinski definition) is 7. The summed E-state index contributed by atoms with van der Waals surface area (Å²) in [6.07, 6.45) is 1.86. The highest BCUT2D eigenvalue weighted by Gasteiger charge is 2.46. The minimum absolute atomic E-state index is 0.265. The lowest BCUT2D eigenvalue weighted by Crippen LogP contribution is -2.60. The Morgan fingerprint density at radius 1 is 1.00 bits per heavy atom. The van der Waals surface area contributed by atoms with E-state index in [0.29, 0.717) is 29.4 Å². The molecule has 1 saturated heterocycles. The van der Waals surface area contributed by atoms with Gasteiger partial charge in [0.05, 0.1) is 12.7 Å². The molecule has 0 saturated carbocycles. The van der Waals surface area contributed by atoms with Crippen molar-refractivity contribution in [3.05, 3.63) is 59.0 Å². The van der Waals surface area contributed by atoms with E-state index in [9.17, 15) is 20.4 Å². The van der Waals surface area contributed by atoms with Crippen molar-refractivity contribution < 1.29 is 34.6 Å². The summed E-state index contributed by atoms with van der Waals surface area (Å²) in [6.45, 7) is -0.451. The van der Waals surface area contributed by atoms with E-state index in [1.807, 2.05) is 24.3 Å². The number of hydrogen-bond donors (Lipinski definition) is 4. The van der Waals surface area contributed by atoms with Crippen LogP contribution in [0.4, 0.5) is 0 Å². The van der Waals surface area contributed by atoms with Crippen molar-refractivity contribution in [2.24, 2.45) is 5.92 Å². The molecule has 4 N–H and O–H groups in total. The molecule has 6 atom stereocenters. The van der Waals surface area contributed by atoms with E-state index < -0.39 is 37.1 Å². The average Bonchev–Trinajstić information content (AvgIpc) is 2.74. The van der Waals surface area contributed by atoms with E-state index in [2.05, 4.69) is 0 Å². The van der Waals surface area contributed by atoms with Crippen LogP contribution in [0.5, 0.6) is 11.5 Å². The van der Waals surface area contributed by atoms with Crippen molar-refractivity contribution >= 4 is 11.6 Å². The van der Waals surface area contributed by atoms with Crippen LogP contribution in [0.2, 0.25) is 0 Å². The zero-order valence-corrected chi connectivity index (χ0v) is 16.3. The van der Waals surface area contributed by atoms with Crippen molar-refractivity contribution in [2.75, 3.05) is 6.61 Å². The minimum Gasteiger partial charge on any atom is -0.458 e. The van der Waals surface area contributed by atoms with Crippen molar-refractivity contribution in [3.63, 3.8) is 0 Å². The highest BCUT2D eigenvalue weighted by Crippen LogP contribution is 2.37. The van der Waals surface area contributed by atoms with Crippen LogP contribution in [-0.4, -0.2) is 57.6 Å². The van der Waals surface area contributed by atoms with Gasteiger partial charge in [-0.25, -0.2) is 0 Å². The van der Waals surface area contributed by atoms with E-state index in [0.717, 1.165) is 11.1 Å². The molecule has 1 aromatic rings. The Kier molecular flexibility index (Phi) is 5.96. The lowest BCUT2D eigenvalue weighted by Gasteiger charge is -2.43. The molecule has 0 spiro atoms. The average molecular weight is 423 g/mol. The Morgan fingerprint density at radius 2 is 1.76 bits per heavy atom. The molecule has 0 bridgehead atoms. The van der Waals surface area contributed by atoms with Gasteiger partial charge in [0.25, 0.3) is 0 Å². The van der Waals surface area contributed by atoms with Crippen molar-refractivity contribution in [2.45, 2.75) is 43.4 Å². The number of halogens is 1. The summed E-state index contributed by atoms with van der Waals surface area (Å²) in [5, 5.41) is 40.5. The molecule has 1 aliphatic carbocycles. The van der Waals surface area contributed by atoms with Crippen LogP contribution in [0.1, 0.15) is 12.0 Å². The molecule has 0 aromatic heterocycles. The normalized spacial score (nSPS) is 33.8. The fraction of sp³-hybridized carbons (Fsp3) is 0.429. The quantitative estimate of drug-likeness (QED) is 0.580. The maximum absolute atomic E-state index is 10.4. The predicted octanol–water partition coefficient (Wildman–Crippen LogP) is 1.38. The molecule has 7 nitrogen and oxygen atoms in total. The highest BCUT2D eigenvalue weighted by atomic mass is 35.5. The van der Waals surface area contributed by atoms with Gasteiger partial charge in [-0.1, -0.05) is 23.7 Å². The van der Waals surface area contributed by atoms with E-state index in [-0.39, 0.29) is 5.92 Å². The van der Waals surface area contributed by atoms with Gasteiger partial charge in [0.1, 0.15) is 36.9 Å². The number of allylic oxidation sites excluding steroid dienone is 3. The van der Waals surface area contributed by atoms with Crippen LogP contribution in [0.15, 0.2) is 53.5 Å². The van der Waals surface area contributed by atoms with Gasteiger partial charge in [0.2, 0.25) is 0 Å². The maximum Gasteiger partial charge on any atom is 0.169 e. The number of benzene rings is 1. The predicted molar refractivity (Wildman–Crippen MR) is 104 cm³/mol. The molecule has 0 amide bonds. The number of ether oxygens (including phenoxy) is 3. The van der Waals surface area contributed by atoms with Gasteiger partial charge in [-0.15, -0.1) is 0 Å². The largest absolute Gasteiger partial charge is 0.458 e. The highest BCUT2D eigenvalue weighted by molar-refractivity contribution is 6.31. The molecule has 29 heavy (non-hydrogen) atoms. The Labute approximate surface area is 173 Å². The molecule has 2 heterocycles. The molecule has 8 heteroatoms. The number of aliphatic hydroxyl groups excluding tert-OH is 4. The summed E-state index contributed by atoms with van der Waals surface area (Å²) < 4.78 is 16.5. The van der Waals surface area contributed by atoms with Gasteiger partial charge >= 0.3 is 0 Å². The first-order valence-electron chi connectivity index (χ1n) is 9.45.